The summed E-state index contributed by atoms with van der Waals surface area (Å²) < 4.78 is 10.7. The van der Waals surface area contributed by atoms with E-state index in [-0.39, 0.29) is 17.5 Å². The van der Waals surface area contributed by atoms with E-state index in [4.69, 9.17) is 9.47 Å². The molecule has 1 fully saturated rings. The van der Waals surface area contributed by atoms with Gasteiger partial charge in [-0.05, 0) is 63.2 Å². The lowest BCUT2D eigenvalue weighted by molar-refractivity contribution is -0.114. The van der Waals surface area contributed by atoms with E-state index in [0.29, 0.717) is 35.6 Å². The number of ketones is 2. The van der Waals surface area contributed by atoms with Crippen LogP contribution in [0.25, 0.3) is 0 Å². The van der Waals surface area contributed by atoms with Gasteiger partial charge in [0.1, 0.15) is 11.3 Å². The molecule has 3 atom stereocenters. The number of methoxy groups -OCH3 is 2. The Morgan fingerprint density at radius 3 is 2.76 bits per heavy atom. The third kappa shape index (κ3) is 4.04. The lowest BCUT2D eigenvalue weighted by Gasteiger charge is -2.31. The predicted octanol–water partition coefficient (Wildman–Crippen LogP) is 3.58. The van der Waals surface area contributed by atoms with Crippen LogP contribution in [0.1, 0.15) is 49.9 Å². The van der Waals surface area contributed by atoms with Crippen LogP contribution >= 0.6 is 0 Å². The molecule has 1 aromatic carbocycles. The number of fused-ring (bicyclic) bond motifs is 1. The second kappa shape index (κ2) is 8.99. The van der Waals surface area contributed by atoms with Crippen molar-refractivity contribution in [1.29, 1.82) is 0 Å². The molecular weight excluding hydrogens is 368 g/mol. The summed E-state index contributed by atoms with van der Waals surface area (Å²) in [4.78, 5) is 25.9. The van der Waals surface area contributed by atoms with Crippen molar-refractivity contribution >= 4 is 17.3 Å². The molecular formula is C23H32N2O4. The SMILES string of the molecule is CC[C@@H]1CNCC[C@@]2(CC[C@@H]1/C(=C\OC)C(C)=O)Nc1cccc(OC)c1C2=O. The Balaban J connectivity index is 1.95. The minimum atomic E-state index is -0.681. The fourth-order valence-electron chi connectivity index (χ4n) is 4.84. The van der Waals surface area contributed by atoms with E-state index in [0.717, 1.165) is 31.6 Å². The molecule has 0 saturated carbocycles. The highest BCUT2D eigenvalue weighted by Gasteiger charge is 2.47. The minimum Gasteiger partial charge on any atom is -0.504 e. The maximum Gasteiger partial charge on any atom is 0.193 e. The molecule has 1 aromatic rings. The van der Waals surface area contributed by atoms with Crippen molar-refractivity contribution in [3.05, 3.63) is 35.6 Å². The van der Waals surface area contributed by atoms with Gasteiger partial charge in [-0.3, -0.25) is 9.59 Å². The zero-order valence-corrected chi connectivity index (χ0v) is 17.8. The molecule has 2 aliphatic heterocycles. The number of anilines is 1. The van der Waals surface area contributed by atoms with Crippen molar-refractivity contribution in [3.63, 3.8) is 0 Å². The van der Waals surface area contributed by atoms with E-state index in [1.807, 2.05) is 18.2 Å². The first-order valence-electron chi connectivity index (χ1n) is 10.4. The predicted molar refractivity (Wildman–Crippen MR) is 113 cm³/mol. The zero-order chi connectivity index (χ0) is 21.0. The number of allylic oxidation sites excluding steroid dienone is 1. The molecule has 1 spiro atoms. The quantitative estimate of drug-likeness (QED) is 0.581. The Bertz CT molecular complexity index is 804. The van der Waals surface area contributed by atoms with Crippen LogP contribution in [0.3, 0.4) is 0 Å². The maximum atomic E-state index is 13.5. The van der Waals surface area contributed by atoms with E-state index in [1.165, 1.54) is 0 Å². The van der Waals surface area contributed by atoms with Crippen LogP contribution in [0.2, 0.25) is 0 Å². The Hall–Kier alpha value is -2.34. The van der Waals surface area contributed by atoms with Crippen molar-refractivity contribution in [3.8, 4) is 5.75 Å². The number of carbonyl (C=O) groups excluding carboxylic acids is 2. The van der Waals surface area contributed by atoms with Gasteiger partial charge in [0.05, 0.1) is 26.0 Å². The summed E-state index contributed by atoms with van der Waals surface area (Å²) in [6.45, 7) is 5.29. The van der Waals surface area contributed by atoms with Crippen LogP contribution < -0.4 is 15.4 Å². The van der Waals surface area contributed by atoms with E-state index >= 15 is 0 Å². The van der Waals surface area contributed by atoms with Gasteiger partial charge in [-0.1, -0.05) is 19.4 Å². The molecule has 6 nitrogen and oxygen atoms in total. The third-order valence-corrected chi connectivity index (χ3v) is 6.44. The van der Waals surface area contributed by atoms with Crippen LogP contribution in [0, 0.1) is 11.8 Å². The first kappa shape index (κ1) is 21.4. The summed E-state index contributed by atoms with van der Waals surface area (Å²) in [6, 6.07) is 5.66. The van der Waals surface area contributed by atoms with Gasteiger partial charge in [-0.15, -0.1) is 0 Å². The second-order valence-corrected chi connectivity index (χ2v) is 8.05. The summed E-state index contributed by atoms with van der Waals surface area (Å²) >= 11 is 0. The van der Waals surface area contributed by atoms with Crippen LogP contribution in [-0.2, 0) is 9.53 Å². The van der Waals surface area contributed by atoms with Crippen molar-refractivity contribution < 1.29 is 19.1 Å². The molecule has 0 radical (unpaired) electrons. The van der Waals surface area contributed by atoms with Crippen LogP contribution in [-0.4, -0.2) is 44.4 Å². The number of ether oxygens (including phenoxy) is 2. The fraction of sp³-hybridized carbons (Fsp3) is 0.565. The molecule has 1 saturated heterocycles. The van der Waals surface area contributed by atoms with Crippen LogP contribution in [0.4, 0.5) is 5.69 Å². The monoisotopic (exact) mass is 400 g/mol. The molecule has 0 unspecified atom stereocenters. The van der Waals surface area contributed by atoms with Crippen molar-refractivity contribution in [2.75, 3.05) is 32.6 Å². The smallest absolute Gasteiger partial charge is 0.193 e. The molecule has 3 rings (SSSR count). The zero-order valence-electron chi connectivity index (χ0n) is 17.8. The number of rotatable bonds is 5. The van der Waals surface area contributed by atoms with Gasteiger partial charge in [0.25, 0.3) is 0 Å². The van der Waals surface area contributed by atoms with Crippen LogP contribution in [0.15, 0.2) is 30.0 Å². The third-order valence-electron chi connectivity index (χ3n) is 6.44. The molecule has 0 aliphatic carbocycles. The number of carbonyl (C=O) groups is 2. The Morgan fingerprint density at radius 2 is 2.10 bits per heavy atom. The largest absolute Gasteiger partial charge is 0.504 e. The summed E-state index contributed by atoms with van der Waals surface area (Å²) in [6.07, 6.45) is 4.62. The van der Waals surface area contributed by atoms with E-state index < -0.39 is 5.54 Å². The molecule has 6 heteroatoms. The Morgan fingerprint density at radius 1 is 1.31 bits per heavy atom. The minimum absolute atomic E-state index is 0.0271. The number of nitrogens with one attached hydrogen (secondary N) is 2. The average molecular weight is 401 g/mol. The van der Waals surface area contributed by atoms with Crippen molar-refractivity contribution in [2.45, 2.75) is 45.1 Å². The summed E-state index contributed by atoms with van der Waals surface area (Å²) in [5.74, 6) is 1.07. The Kier molecular flexibility index (Phi) is 6.63. The van der Waals surface area contributed by atoms with Gasteiger partial charge in [-0.25, -0.2) is 0 Å². The first-order valence-corrected chi connectivity index (χ1v) is 10.4. The van der Waals surface area contributed by atoms with Crippen molar-refractivity contribution in [1.82, 2.24) is 5.32 Å². The topological polar surface area (TPSA) is 76.7 Å². The van der Waals surface area contributed by atoms with Gasteiger partial charge in [0.15, 0.2) is 11.6 Å². The van der Waals surface area contributed by atoms with Gasteiger partial charge in [-0.2, -0.15) is 0 Å². The van der Waals surface area contributed by atoms with E-state index in [2.05, 4.69) is 17.6 Å². The fourth-order valence-corrected chi connectivity index (χ4v) is 4.84. The molecule has 2 N–H and O–H groups in total. The Labute approximate surface area is 173 Å². The summed E-state index contributed by atoms with van der Waals surface area (Å²) in [7, 11) is 3.17. The second-order valence-electron chi connectivity index (χ2n) is 8.05. The number of hydrogen-bond acceptors (Lipinski definition) is 6. The standard InChI is InChI=1S/C23H32N2O4/c1-5-16-13-24-12-11-23(10-9-17(16)18(14-28-3)15(2)26)22(27)21-19(25-23)7-6-8-20(21)29-4/h6-8,14,16-17,24-25H,5,9-13H2,1-4H3/b18-14-/t16-,17+,23-/m1/s1. The van der Waals surface area contributed by atoms with Crippen LogP contribution in [0.5, 0.6) is 5.75 Å². The first-order chi connectivity index (χ1) is 14.0. The normalized spacial score (nSPS) is 27.4. The number of Topliss-reactive ketones (excluding diaryl/α,β-unsaturated/α-hetero) is 2. The van der Waals surface area contributed by atoms with E-state index in [9.17, 15) is 9.59 Å². The molecule has 29 heavy (non-hydrogen) atoms. The average Bonchev–Trinajstić information content (AvgIpc) is 3.04. The molecule has 2 heterocycles. The highest BCUT2D eigenvalue weighted by Crippen LogP contribution is 2.44. The highest BCUT2D eigenvalue weighted by molar-refractivity contribution is 6.15. The lowest BCUT2D eigenvalue weighted by Crippen LogP contribution is -2.44. The van der Waals surface area contributed by atoms with Gasteiger partial charge < -0.3 is 20.1 Å². The van der Waals surface area contributed by atoms with Gasteiger partial charge in [0.2, 0.25) is 0 Å². The number of hydrogen-bond donors (Lipinski definition) is 2. The number of benzene rings is 1. The molecule has 2 aliphatic rings. The molecule has 158 valence electrons. The summed E-state index contributed by atoms with van der Waals surface area (Å²) in [5, 5.41) is 7.04. The maximum absolute atomic E-state index is 13.5. The summed E-state index contributed by atoms with van der Waals surface area (Å²) in [5.41, 5.74) is 1.49. The van der Waals surface area contributed by atoms with E-state index in [1.54, 1.807) is 27.4 Å². The highest BCUT2D eigenvalue weighted by atomic mass is 16.5. The van der Waals surface area contributed by atoms with Gasteiger partial charge >= 0.3 is 0 Å². The molecule has 0 aromatic heterocycles. The van der Waals surface area contributed by atoms with Crippen molar-refractivity contribution in [2.24, 2.45) is 11.8 Å². The van der Waals surface area contributed by atoms with Gasteiger partial charge in [0, 0.05) is 11.3 Å². The lowest BCUT2D eigenvalue weighted by atomic mass is 9.76. The molecule has 0 bridgehead atoms. The molecule has 0 amide bonds.